The van der Waals surface area contributed by atoms with Gasteiger partial charge < -0.3 is 104 Å². The topological polar surface area (TPSA) is 340 Å². The number of phenolic OH excluding ortho intramolecular Hbond substituents is 1. The normalized spacial score (nSPS) is 25.9. The Hall–Kier alpha value is -9.45. The minimum absolute atomic E-state index is 0.00905. The van der Waals surface area contributed by atoms with E-state index >= 15 is 0 Å². The molecule has 0 radical (unpaired) electrons. The lowest BCUT2D eigenvalue weighted by molar-refractivity contribution is -0.282. The molecule has 15 atom stereocenters. The fraction of sp³-hybridized carbons (Fsp3) is 0.357. The van der Waals surface area contributed by atoms with E-state index < -0.39 is 129 Å². The van der Waals surface area contributed by atoms with Gasteiger partial charge in [-0.1, -0.05) is 188 Å². The summed E-state index contributed by atoms with van der Waals surface area (Å²) in [6, 6.07) is 46.8. The van der Waals surface area contributed by atoms with Gasteiger partial charge in [-0.3, -0.25) is 0 Å². The number of carbonyl (C=O) groups is 5. The van der Waals surface area contributed by atoms with Crippen molar-refractivity contribution < 1.29 is 96.5 Å². The molecule has 26 heteroatoms. The van der Waals surface area contributed by atoms with E-state index in [-0.39, 0.29) is 64.8 Å². The van der Waals surface area contributed by atoms with E-state index in [2.05, 4.69) is 31.9 Å². The summed E-state index contributed by atoms with van der Waals surface area (Å²) in [5, 5.41) is 63.8. The highest BCUT2D eigenvalue weighted by molar-refractivity contribution is 5.70. The number of rotatable bonds is 27. The molecule has 1 aliphatic carbocycles. The van der Waals surface area contributed by atoms with Gasteiger partial charge >= 0.3 is 30.5 Å². The maximum Gasteiger partial charge on any atom is 0.408 e. The van der Waals surface area contributed by atoms with Crippen molar-refractivity contribution in [2.75, 3.05) is 19.7 Å². The van der Waals surface area contributed by atoms with Crippen molar-refractivity contribution in [2.24, 2.45) is 0 Å². The van der Waals surface area contributed by atoms with Crippen molar-refractivity contribution in [3.05, 3.63) is 234 Å². The zero-order valence-corrected chi connectivity index (χ0v) is 52.1. The number of carbonyl (C=O) groups excluding carboxylic acids is 5. The third-order valence-corrected chi connectivity index (χ3v) is 15.9. The predicted molar refractivity (Wildman–Crippen MR) is 341 cm³/mol. The molecule has 3 aliphatic heterocycles. The third kappa shape index (κ3) is 20.8. The molecule has 0 bridgehead atoms. The average Bonchev–Trinajstić information content (AvgIpc) is 1.30. The van der Waals surface area contributed by atoms with Crippen LogP contribution in [0.5, 0.6) is 5.75 Å². The van der Waals surface area contributed by atoms with Crippen LogP contribution in [0.1, 0.15) is 39.8 Å². The number of aliphatic hydroxyl groups is 3. The average molecular weight is 1320 g/mol. The van der Waals surface area contributed by atoms with Crippen molar-refractivity contribution >= 4 is 30.5 Å². The number of benzene rings is 6. The molecule has 1 saturated heterocycles. The largest absolute Gasteiger partial charge is 0.508 e. The Morgan fingerprint density at radius 2 is 0.812 bits per heavy atom. The molecule has 6 aromatic carbocycles. The molecule has 4 aliphatic rings. The van der Waals surface area contributed by atoms with Gasteiger partial charge in [-0.25, -0.2) is 24.0 Å². The lowest BCUT2D eigenvalue weighted by Crippen LogP contribution is -2.67. The Labute approximate surface area is 553 Å². The molecule has 0 spiro atoms. The fourth-order valence-electron chi connectivity index (χ4n) is 11.0. The molecule has 508 valence electrons. The summed E-state index contributed by atoms with van der Waals surface area (Å²) in [6.45, 7) is -1.43. The van der Waals surface area contributed by atoms with Crippen LogP contribution < -0.4 is 31.9 Å². The number of amides is 5. The first kappa shape index (κ1) is 69.4. The Morgan fingerprint density at radius 3 is 1.24 bits per heavy atom. The van der Waals surface area contributed by atoms with E-state index in [1.807, 2.05) is 54.6 Å². The quantitative estimate of drug-likeness (QED) is 0.0204. The summed E-state index contributed by atoms with van der Waals surface area (Å²) >= 11 is 0. The summed E-state index contributed by atoms with van der Waals surface area (Å²) < 4.78 is 67.1. The molecule has 96 heavy (non-hydrogen) atoms. The highest BCUT2D eigenvalue weighted by atomic mass is 16.8. The first-order valence-electron chi connectivity index (χ1n) is 31.4. The van der Waals surface area contributed by atoms with Gasteiger partial charge in [-0.15, -0.1) is 0 Å². The number of phenols is 1. The van der Waals surface area contributed by atoms with E-state index in [1.54, 1.807) is 133 Å². The monoisotopic (exact) mass is 1320 g/mol. The number of alkyl carbamates (subject to hydrolysis) is 5. The van der Waals surface area contributed by atoms with Gasteiger partial charge in [0.05, 0.1) is 44.1 Å². The highest BCUT2D eigenvalue weighted by Gasteiger charge is 2.54. The summed E-state index contributed by atoms with van der Waals surface area (Å²) in [7, 11) is 0. The predicted octanol–water partition coefficient (Wildman–Crippen LogP) is 6.15. The Bertz CT molecular complexity index is 3480. The molecule has 6 aromatic rings. The molecule has 2 fully saturated rings. The molecule has 3 heterocycles. The summed E-state index contributed by atoms with van der Waals surface area (Å²) in [5.41, 5.74) is 4.19. The molecule has 0 aromatic heterocycles. The zero-order chi connectivity index (χ0) is 67.0. The van der Waals surface area contributed by atoms with Crippen molar-refractivity contribution in [3.8, 4) is 5.75 Å². The fourth-order valence-corrected chi connectivity index (χ4v) is 11.0. The molecule has 26 nitrogen and oxygen atoms in total. The Kier molecular flexibility index (Phi) is 25.5. The lowest BCUT2D eigenvalue weighted by Gasteiger charge is -2.47. The second-order valence-electron chi connectivity index (χ2n) is 22.9. The van der Waals surface area contributed by atoms with Gasteiger partial charge in [-0.05, 0) is 51.9 Å². The van der Waals surface area contributed by atoms with Gasteiger partial charge in [0.2, 0.25) is 0 Å². The third-order valence-electron chi connectivity index (χ3n) is 15.9. The van der Waals surface area contributed by atoms with Gasteiger partial charge in [0.15, 0.2) is 18.9 Å². The van der Waals surface area contributed by atoms with Gasteiger partial charge in [0.25, 0.3) is 0 Å². The molecule has 1 saturated carbocycles. The van der Waals surface area contributed by atoms with E-state index in [9.17, 15) is 44.4 Å². The van der Waals surface area contributed by atoms with E-state index in [4.69, 9.17) is 52.1 Å². The second-order valence-corrected chi connectivity index (χ2v) is 22.9. The maximum absolute atomic E-state index is 14.2. The smallest absolute Gasteiger partial charge is 0.408 e. The lowest BCUT2D eigenvalue weighted by atomic mass is 9.83. The van der Waals surface area contributed by atoms with Crippen LogP contribution in [0.15, 0.2) is 200 Å². The van der Waals surface area contributed by atoms with Crippen molar-refractivity contribution in [3.63, 3.8) is 0 Å². The van der Waals surface area contributed by atoms with Crippen LogP contribution in [0, 0.1) is 0 Å². The molecular formula is C70H78N6O20. The first-order chi connectivity index (χ1) is 46.8. The summed E-state index contributed by atoms with van der Waals surface area (Å²) in [4.78, 5) is 67.4. The van der Waals surface area contributed by atoms with E-state index in [1.165, 1.54) is 12.1 Å². The van der Waals surface area contributed by atoms with Crippen LogP contribution in [-0.4, -0.2) is 162 Å². The number of ether oxygens (including phenoxy) is 11. The number of hydrogen-bond donors (Lipinski definition) is 10. The minimum Gasteiger partial charge on any atom is -0.508 e. The van der Waals surface area contributed by atoms with Gasteiger partial charge in [0.1, 0.15) is 81.4 Å². The van der Waals surface area contributed by atoms with Gasteiger partial charge in [-0.2, -0.15) is 0 Å². The second kappa shape index (κ2) is 35.3. The first-order valence-corrected chi connectivity index (χ1v) is 31.4. The van der Waals surface area contributed by atoms with Crippen LogP contribution in [0.2, 0.25) is 0 Å². The number of aromatic hydroxyl groups is 1. The van der Waals surface area contributed by atoms with Crippen molar-refractivity contribution in [1.82, 2.24) is 31.9 Å². The molecule has 10 rings (SSSR count). The number of hydrogen-bond acceptors (Lipinski definition) is 21. The standard InChI is InChI=1S/C70H78N6O20/c77-38-57-61(95-64-54(75-69(84)89-42-47-23-12-4-13-24-47)32-30-52(92-64)37-73-67(82)87-40-45-19-8-2-9-20-45)59(80)65(93-57)96-62-58(79)55(71-35-49-27-16-28-50(78)33-49)34-56(76-70(85)90-43-48-25-14-5-15-26-48)60(62)94-63-53(74-68(83)88-41-46-21-10-3-11-22-46)31-29-51(91-63)36-72-66(81)86-39-44-17-6-1-7-18-44/h1-33,51-65,71,77-80H,34-43H2,(H,72,81)(H,73,82)(H,74,83)(H,75,84)(H,76,85)/t51-,52+,53+,54+,55+,56-,57+,58-,59+,60+,61+,62+,63+,64+,65-/m0/s1. The van der Waals surface area contributed by atoms with E-state index in [0.29, 0.717) is 22.3 Å². The SMILES string of the molecule is O=C(NC[C@H]1C=C[C@@H](NC(=O)OCc2ccccc2)[C@@H](O[C@H]2[C@@H](O)[C@H](O[C@@H]3[C@@H](O)[C@H](NCc4cccc(O)c4)C[C@H](NC(=O)OCc4ccccc4)[C@H]3O[C@H]3O[C@H](CNC(=O)OCc4ccccc4)C=C[C@H]3NC(=O)OCc3ccccc3)O[C@@H]2CO)O1)OCc1ccccc1. The highest BCUT2D eigenvalue weighted by Crippen LogP contribution is 2.35. The molecule has 5 amide bonds. The minimum atomic E-state index is -1.85. The molecule has 0 unspecified atom stereocenters. The van der Waals surface area contributed by atoms with Crippen molar-refractivity contribution in [1.29, 1.82) is 0 Å². The van der Waals surface area contributed by atoms with Crippen molar-refractivity contribution in [2.45, 2.75) is 138 Å². The van der Waals surface area contributed by atoms with Crippen LogP contribution in [0.3, 0.4) is 0 Å². The van der Waals surface area contributed by atoms with Crippen LogP contribution >= 0.6 is 0 Å². The van der Waals surface area contributed by atoms with Crippen LogP contribution in [-0.2, 0) is 91.7 Å². The molecule has 10 N–H and O–H groups in total. The van der Waals surface area contributed by atoms with Crippen LogP contribution in [0.25, 0.3) is 0 Å². The maximum atomic E-state index is 14.2. The Balaban J connectivity index is 0.926. The van der Waals surface area contributed by atoms with Gasteiger partial charge in [0, 0.05) is 12.6 Å². The van der Waals surface area contributed by atoms with E-state index in [0.717, 1.165) is 11.1 Å². The zero-order valence-electron chi connectivity index (χ0n) is 52.1. The molecular weight excluding hydrogens is 1240 g/mol. The summed E-state index contributed by atoms with van der Waals surface area (Å²) in [6.07, 6.45) is -14.3. The number of aliphatic hydroxyl groups excluding tert-OH is 3. The Morgan fingerprint density at radius 1 is 0.417 bits per heavy atom. The van der Waals surface area contributed by atoms with Crippen LogP contribution in [0.4, 0.5) is 24.0 Å². The summed E-state index contributed by atoms with van der Waals surface area (Å²) in [5.74, 6) is -0.0196. The number of nitrogens with one attached hydrogen (secondary N) is 6.